The monoisotopic (exact) mass is 363 g/mol. The largest absolute Gasteiger partial charge is 0.296 e. The highest BCUT2D eigenvalue weighted by Gasteiger charge is 2.11. The average Bonchev–Trinajstić information content (AvgIpc) is 3.02. The van der Waals surface area contributed by atoms with E-state index < -0.39 is 11.7 Å². The van der Waals surface area contributed by atoms with Crippen LogP contribution in [0, 0.1) is 11.6 Å². The van der Waals surface area contributed by atoms with Gasteiger partial charge in [-0.2, -0.15) is 0 Å². The molecular weight excluding hydrogens is 352 g/mol. The Labute approximate surface area is 144 Å². The lowest BCUT2D eigenvalue weighted by Crippen LogP contribution is -2.11. The summed E-state index contributed by atoms with van der Waals surface area (Å²) in [5.41, 5.74) is 1.17. The molecule has 0 aliphatic rings. The summed E-state index contributed by atoms with van der Waals surface area (Å²) in [6, 6.07) is 11.6. The van der Waals surface area contributed by atoms with Crippen molar-refractivity contribution in [2.24, 2.45) is 0 Å². The van der Waals surface area contributed by atoms with Gasteiger partial charge in [0.25, 0.3) is 5.91 Å². The van der Waals surface area contributed by atoms with Gasteiger partial charge in [0.1, 0.15) is 11.6 Å². The van der Waals surface area contributed by atoms with Crippen LogP contribution >= 0.6 is 23.1 Å². The Morgan fingerprint density at radius 1 is 1.08 bits per heavy atom. The Bertz CT molecular complexity index is 853. The highest BCUT2D eigenvalue weighted by Crippen LogP contribution is 2.28. The van der Waals surface area contributed by atoms with Crippen LogP contribution in [-0.4, -0.2) is 16.1 Å². The Morgan fingerprint density at radius 3 is 2.62 bits per heavy atom. The lowest BCUT2D eigenvalue weighted by Gasteiger charge is -2.00. The molecule has 24 heavy (non-hydrogen) atoms. The van der Waals surface area contributed by atoms with Crippen LogP contribution in [0.1, 0.15) is 15.9 Å². The van der Waals surface area contributed by atoms with Crippen molar-refractivity contribution in [1.29, 1.82) is 0 Å². The van der Waals surface area contributed by atoms with Crippen molar-refractivity contribution >= 4 is 34.1 Å². The Kier molecular flexibility index (Phi) is 5.17. The van der Waals surface area contributed by atoms with Crippen molar-refractivity contribution in [3.05, 3.63) is 71.3 Å². The number of hydrogen-bond donors (Lipinski definition) is 1. The maximum absolute atomic E-state index is 13.1. The third kappa shape index (κ3) is 4.36. The van der Waals surface area contributed by atoms with Gasteiger partial charge in [-0.05, 0) is 35.9 Å². The summed E-state index contributed by atoms with van der Waals surface area (Å²) < 4.78 is 26.6. The van der Waals surface area contributed by atoms with Crippen molar-refractivity contribution in [2.45, 2.75) is 10.1 Å². The molecule has 4 nitrogen and oxygen atoms in total. The molecule has 0 bridgehead atoms. The number of aromatic nitrogens is 2. The van der Waals surface area contributed by atoms with Gasteiger partial charge in [-0.1, -0.05) is 41.3 Å². The molecule has 2 aromatic carbocycles. The maximum atomic E-state index is 13.1. The fraction of sp³-hybridized carbons (Fsp3) is 0.0625. The Morgan fingerprint density at radius 2 is 1.88 bits per heavy atom. The van der Waals surface area contributed by atoms with Crippen LogP contribution in [0.15, 0.2) is 52.9 Å². The van der Waals surface area contributed by atoms with Gasteiger partial charge >= 0.3 is 0 Å². The van der Waals surface area contributed by atoms with Crippen LogP contribution in [0.5, 0.6) is 0 Å². The van der Waals surface area contributed by atoms with Gasteiger partial charge in [-0.25, -0.2) is 8.78 Å². The van der Waals surface area contributed by atoms with Gasteiger partial charge in [0.2, 0.25) is 5.13 Å². The Balaban J connectivity index is 1.59. The number of amides is 1. The van der Waals surface area contributed by atoms with Crippen molar-refractivity contribution in [3.8, 4) is 0 Å². The van der Waals surface area contributed by atoms with E-state index in [1.807, 2.05) is 0 Å². The first-order chi connectivity index (χ1) is 11.6. The molecule has 0 radical (unpaired) electrons. The van der Waals surface area contributed by atoms with E-state index in [1.165, 1.54) is 53.4 Å². The van der Waals surface area contributed by atoms with E-state index in [0.717, 1.165) is 11.6 Å². The van der Waals surface area contributed by atoms with E-state index in [4.69, 9.17) is 0 Å². The van der Waals surface area contributed by atoms with E-state index >= 15 is 0 Å². The zero-order valence-electron chi connectivity index (χ0n) is 12.2. The summed E-state index contributed by atoms with van der Waals surface area (Å²) >= 11 is 2.66. The summed E-state index contributed by atoms with van der Waals surface area (Å²) in [5.74, 6) is -0.578. The van der Waals surface area contributed by atoms with E-state index in [9.17, 15) is 13.6 Å². The molecule has 122 valence electrons. The van der Waals surface area contributed by atoms with Crippen LogP contribution in [-0.2, 0) is 5.75 Å². The SMILES string of the molecule is O=C(Nc1nnc(SCc2ccc(F)cc2)s1)c1cccc(F)c1. The van der Waals surface area contributed by atoms with Crippen molar-refractivity contribution in [1.82, 2.24) is 10.2 Å². The highest BCUT2D eigenvalue weighted by molar-refractivity contribution is 8.00. The number of thioether (sulfide) groups is 1. The number of halogens is 2. The van der Waals surface area contributed by atoms with Crippen molar-refractivity contribution in [3.63, 3.8) is 0 Å². The molecule has 1 amide bonds. The molecule has 1 N–H and O–H groups in total. The van der Waals surface area contributed by atoms with Crippen molar-refractivity contribution < 1.29 is 13.6 Å². The Hall–Kier alpha value is -2.32. The quantitative estimate of drug-likeness (QED) is 0.540. The molecule has 8 heteroatoms. The number of hydrogen-bond acceptors (Lipinski definition) is 5. The van der Waals surface area contributed by atoms with Gasteiger partial charge < -0.3 is 0 Å². The van der Waals surface area contributed by atoms with Crippen LogP contribution in [0.3, 0.4) is 0 Å². The second-order valence-electron chi connectivity index (χ2n) is 4.75. The van der Waals surface area contributed by atoms with Crippen LogP contribution in [0.4, 0.5) is 13.9 Å². The fourth-order valence-corrected chi connectivity index (χ4v) is 3.55. The molecule has 3 aromatic rings. The normalized spacial score (nSPS) is 10.6. The zero-order chi connectivity index (χ0) is 16.9. The molecule has 0 saturated heterocycles. The van der Waals surface area contributed by atoms with E-state index in [1.54, 1.807) is 12.1 Å². The number of rotatable bonds is 5. The number of nitrogens with zero attached hydrogens (tertiary/aromatic N) is 2. The summed E-state index contributed by atoms with van der Waals surface area (Å²) in [4.78, 5) is 12.0. The second-order valence-corrected chi connectivity index (χ2v) is 6.95. The van der Waals surface area contributed by atoms with Gasteiger partial charge in [0, 0.05) is 11.3 Å². The highest BCUT2D eigenvalue weighted by atomic mass is 32.2. The molecule has 0 atom stereocenters. The van der Waals surface area contributed by atoms with Gasteiger partial charge in [-0.3, -0.25) is 10.1 Å². The summed E-state index contributed by atoms with van der Waals surface area (Å²) in [5, 5.41) is 10.8. The van der Waals surface area contributed by atoms with Crippen LogP contribution in [0.2, 0.25) is 0 Å². The predicted octanol–water partition coefficient (Wildman–Crippen LogP) is 4.36. The van der Waals surface area contributed by atoms with Gasteiger partial charge in [0.15, 0.2) is 4.34 Å². The predicted molar refractivity (Wildman–Crippen MR) is 90.2 cm³/mol. The van der Waals surface area contributed by atoms with Crippen molar-refractivity contribution in [2.75, 3.05) is 5.32 Å². The minimum Gasteiger partial charge on any atom is -0.296 e. The molecule has 0 spiro atoms. The zero-order valence-corrected chi connectivity index (χ0v) is 13.8. The number of nitrogens with one attached hydrogen (secondary N) is 1. The fourth-order valence-electron chi connectivity index (χ4n) is 1.84. The first-order valence-corrected chi connectivity index (χ1v) is 8.68. The second kappa shape index (κ2) is 7.50. The minimum atomic E-state index is -0.476. The third-order valence-electron chi connectivity index (χ3n) is 2.99. The van der Waals surface area contributed by atoms with Crippen LogP contribution < -0.4 is 5.32 Å². The molecule has 0 aliphatic carbocycles. The molecule has 1 aromatic heterocycles. The summed E-state index contributed by atoms with van der Waals surface area (Å²) in [7, 11) is 0. The average molecular weight is 363 g/mol. The lowest BCUT2D eigenvalue weighted by molar-refractivity contribution is 0.102. The standard InChI is InChI=1S/C16H11F2N3OS2/c17-12-6-4-10(5-7-12)9-23-16-21-20-15(24-16)19-14(22)11-2-1-3-13(18)8-11/h1-8H,9H2,(H,19,20,22). The smallest absolute Gasteiger partial charge is 0.257 e. The maximum Gasteiger partial charge on any atom is 0.257 e. The topological polar surface area (TPSA) is 54.9 Å². The first kappa shape index (κ1) is 16.5. The first-order valence-electron chi connectivity index (χ1n) is 6.88. The lowest BCUT2D eigenvalue weighted by atomic mass is 10.2. The number of anilines is 1. The molecule has 1 heterocycles. The van der Waals surface area contributed by atoms with Gasteiger partial charge in [-0.15, -0.1) is 10.2 Å². The molecular formula is C16H11F2N3OS2. The third-order valence-corrected chi connectivity index (χ3v) is 5.03. The molecule has 0 unspecified atom stereocenters. The number of carbonyl (C=O) groups is 1. The number of benzene rings is 2. The molecule has 0 saturated carbocycles. The van der Waals surface area contributed by atoms with E-state index in [0.29, 0.717) is 15.2 Å². The van der Waals surface area contributed by atoms with Gasteiger partial charge in [0.05, 0.1) is 0 Å². The summed E-state index contributed by atoms with van der Waals surface area (Å²) in [6.07, 6.45) is 0. The van der Waals surface area contributed by atoms with E-state index in [-0.39, 0.29) is 11.4 Å². The van der Waals surface area contributed by atoms with E-state index in [2.05, 4.69) is 15.5 Å². The minimum absolute atomic E-state index is 0.214. The molecule has 0 aliphatic heterocycles. The summed E-state index contributed by atoms with van der Waals surface area (Å²) in [6.45, 7) is 0. The molecule has 0 fully saturated rings. The molecule has 3 rings (SSSR count). The van der Waals surface area contributed by atoms with Crippen LogP contribution in [0.25, 0.3) is 0 Å². The number of carbonyl (C=O) groups excluding carboxylic acids is 1.